The number of likely N-dealkylation sites (N-methyl/N-ethyl adjacent to an activating group) is 1. The van der Waals surface area contributed by atoms with Gasteiger partial charge in [-0.2, -0.15) is 0 Å². The Hall–Kier alpha value is -2.69. The molecular weight excluding hydrogens is 406 g/mol. The van der Waals surface area contributed by atoms with Crippen molar-refractivity contribution in [2.75, 3.05) is 26.7 Å². The molecule has 4 heteroatoms. The molecule has 1 unspecified atom stereocenters. The van der Waals surface area contributed by atoms with Gasteiger partial charge in [-0.05, 0) is 81.6 Å². The van der Waals surface area contributed by atoms with Crippen LogP contribution < -0.4 is 5.32 Å². The number of benzene rings is 2. The summed E-state index contributed by atoms with van der Waals surface area (Å²) in [4.78, 5) is 16.4. The fourth-order valence-corrected chi connectivity index (χ4v) is 3.75. The third kappa shape index (κ3) is 8.99. The van der Waals surface area contributed by atoms with Crippen LogP contribution in [0.2, 0.25) is 0 Å². The summed E-state index contributed by atoms with van der Waals surface area (Å²) >= 11 is 0. The quantitative estimate of drug-likeness (QED) is 0.432. The van der Waals surface area contributed by atoms with E-state index in [-0.39, 0.29) is 5.91 Å². The molecule has 0 aliphatic carbocycles. The molecule has 0 radical (unpaired) electrons. The van der Waals surface area contributed by atoms with Gasteiger partial charge in [-0.25, -0.2) is 0 Å². The molecule has 0 saturated heterocycles. The van der Waals surface area contributed by atoms with E-state index in [1.807, 2.05) is 48.2 Å². The second kappa shape index (κ2) is 13.1. The number of carbonyl (C=O) groups excluding carboxylic acids is 1. The van der Waals surface area contributed by atoms with Crippen LogP contribution in [0.3, 0.4) is 0 Å². The van der Waals surface area contributed by atoms with Gasteiger partial charge in [0.2, 0.25) is 5.91 Å². The number of allylic oxidation sites excluding steroid dienone is 3. The van der Waals surface area contributed by atoms with E-state index in [9.17, 15) is 4.79 Å². The van der Waals surface area contributed by atoms with Crippen molar-refractivity contribution in [3.05, 3.63) is 89.1 Å². The number of hydrogen-bond acceptors (Lipinski definition) is 3. The maximum Gasteiger partial charge on any atom is 0.223 e. The fourth-order valence-electron chi connectivity index (χ4n) is 3.75. The fraction of sp³-hybridized carbons (Fsp3) is 0.414. The minimum Gasteiger partial charge on any atom is -0.315 e. The van der Waals surface area contributed by atoms with Crippen molar-refractivity contribution >= 4 is 11.5 Å². The van der Waals surface area contributed by atoms with Gasteiger partial charge in [0.15, 0.2) is 0 Å². The predicted octanol–water partition coefficient (Wildman–Crippen LogP) is 5.57. The molecule has 1 N–H and O–H groups in total. The molecule has 0 fully saturated rings. The van der Waals surface area contributed by atoms with Crippen LogP contribution in [0.5, 0.6) is 0 Å². The minimum atomic E-state index is 0.0569. The van der Waals surface area contributed by atoms with E-state index in [0.29, 0.717) is 12.6 Å². The average Bonchev–Trinajstić information content (AvgIpc) is 2.78. The summed E-state index contributed by atoms with van der Waals surface area (Å²) < 4.78 is 0. The van der Waals surface area contributed by atoms with Crippen molar-refractivity contribution in [3.63, 3.8) is 0 Å². The Kier molecular flexibility index (Phi) is 10.6. The van der Waals surface area contributed by atoms with Crippen LogP contribution in [0, 0.1) is 13.8 Å². The third-order valence-electron chi connectivity index (χ3n) is 6.21. The number of hydrogen-bond donors (Lipinski definition) is 1. The summed E-state index contributed by atoms with van der Waals surface area (Å²) in [7, 11) is 2.12. The van der Waals surface area contributed by atoms with E-state index < -0.39 is 0 Å². The van der Waals surface area contributed by atoms with E-state index in [1.54, 1.807) is 6.92 Å². The maximum absolute atomic E-state index is 12.3. The summed E-state index contributed by atoms with van der Waals surface area (Å²) in [5.74, 6) is 0.0569. The van der Waals surface area contributed by atoms with Gasteiger partial charge >= 0.3 is 0 Å². The summed E-state index contributed by atoms with van der Waals surface area (Å²) in [6.07, 6.45) is 3.05. The van der Waals surface area contributed by atoms with Crippen LogP contribution >= 0.6 is 0 Å². The number of carbonyl (C=O) groups is 1. The van der Waals surface area contributed by atoms with E-state index >= 15 is 0 Å². The van der Waals surface area contributed by atoms with Crippen molar-refractivity contribution < 1.29 is 4.79 Å². The van der Waals surface area contributed by atoms with Crippen LogP contribution in [-0.2, 0) is 11.3 Å². The summed E-state index contributed by atoms with van der Waals surface area (Å²) in [5, 5.41) is 3.63. The molecular formula is C29H41N3O. The highest BCUT2D eigenvalue weighted by molar-refractivity contribution is 5.78. The van der Waals surface area contributed by atoms with Crippen LogP contribution in [0.25, 0.3) is 5.57 Å². The summed E-state index contributed by atoms with van der Waals surface area (Å²) in [5.41, 5.74) is 6.91. The predicted molar refractivity (Wildman–Crippen MR) is 141 cm³/mol. The Balaban J connectivity index is 1.79. The normalized spacial score (nSPS) is 12.6. The third-order valence-corrected chi connectivity index (χ3v) is 6.21. The Bertz CT molecular complexity index is 949. The summed E-state index contributed by atoms with van der Waals surface area (Å²) in [6.45, 7) is 17.7. The SMILES string of the molecule is C=C(/C=C(\C)N(CCN(C)CCC(C)NCc1ccc(C)c(C)c1)C(C)=O)c1ccccc1. The standard InChI is InChI=1S/C29H41N3O/c1-22-13-14-28(20-23(22)2)21-30-25(4)15-16-31(7)17-18-32(27(6)33)26(5)19-24(3)29-11-9-8-10-12-29/h8-14,19-20,25,30H,3,15-18,21H2,1-2,4-7H3/b26-19+. The zero-order chi connectivity index (χ0) is 24.4. The van der Waals surface area contributed by atoms with E-state index in [2.05, 4.69) is 62.8 Å². The van der Waals surface area contributed by atoms with Gasteiger partial charge in [-0.1, -0.05) is 55.1 Å². The molecule has 33 heavy (non-hydrogen) atoms. The van der Waals surface area contributed by atoms with Crippen molar-refractivity contribution in [1.82, 2.24) is 15.1 Å². The van der Waals surface area contributed by atoms with Crippen molar-refractivity contribution in [1.29, 1.82) is 0 Å². The van der Waals surface area contributed by atoms with Crippen LogP contribution in [-0.4, -0.2) is 48.4 Å². The van der Waals surface area contributed by atoms with Gasteiger partial charge in [0.25, 0.3) is 0 Å². The highest BCUT2D eigenvalue weighted by Gasteiger charge is 2.13. The maximum atomic E-state index is 12.3. The molecule has 4 nitrogen and oxygen atoms in total. The highest BCUT2D eigenvalue weighted by Crippen LogP contribution is 2.17. The van der Waals surface area contributed by atoms with Gasteiger partial charge in [0.1, 0.15) is 0 Å². The molecule has 0 aromatic heterocycles. The van der Waals surface area contributed by atoms with E-state index in [0.717, 1.165) is 42.9 Å². The van der Waals surface area contributed by atoms with Crippen molar-refractivity contribution in [2.45, 2.75) is 53.6 Å². The molecule has 2 aromatic carbocycles. The highest BCUT2D eigenvalue weighted by atomic mass is 16.2. The first-order valence-electron chi connectivity index (χ1n) is 11.9. The molecule has 0 aliphatic heterocycles. The molecule has 1 atom stereocenters. The first kappa shape index (κ1) is 26.6. The second-order valence-corrected chi connectivity index (χ2v) is 9.14. The van der Waals surface area contributed by atoms with Crippen LogP contribution in [0.4, 0.5) is 0 Å². The first-order chi connectivity index (χ1) is 15.7. The van der Waals surface area contributed by atoms with Crippen LogP contribution in [0.15, 0.2) is 66.9 Å². The smallest absolute Gasteiger partial charge is 0.223 e. The molecule has 1 amide bonds. The summed E-state index contributed by atoms with van der Waals surface area (Å²) in [6, 6.07) is 17.1. The number of aryl methyl sites for hydroxylation is 2. The lowest BCUT2D eigenvalue weighted by Crippen LogP contribution is -2.37. The molecule has 2 aromatic rings. The van der Waals surface area contributed by atoms with Gasteiger partial charge in [0, 0.05) is 38.3 Å². The molecule has 178 valence electrons. The van der Waals surface area contributed by atoms with Gasteiger partial charge < -0.3 is 15.1 Å². The topological polar surface area (TPSA) is 35.6 Å². The zero-order valence-corrected chi connectivity index (χ0v) is 21.3. The Labute approximate surface area is 201 Å². The van der Waals surface area contributed by atoms with Crippen molar-refractivity contribution in [2.24, 2.45) is 0 Å². The van der Waals surface area contributed by atoms with Gasteiger partial charge in [-0.3, -0.25) is 4.79 Å². The zero-order valence-electron chi connectivity index (χ0n) is 21.3. The van der Waals surface area contributed by atoms with E-state index in [1.165, 1.54) is 16.7 Å². The number of nitrogens with zero attached hydrogens (tertiary/aromatic N) is 2. The molecule has 0 spiro atoms. The number of nitrogens with one attached hydrogen (secondary N) is 1. The van der Waals surface area contributed by atoms with Gasteiger partial charge in [0.05, 0.1) is 0 Å². The number of amides is 1. The monoisotopic (exact) mass is 447 g/mol. The molecule has 0 aliphatic rings. The Morgan fingerprint density at radius 3 is 2.36 bits per heavy atom. The largest absolute Gasteiger partial charge is 0.315 e. The molecule has 0 saturated carbocycles. The van der Waals surface area contributed by atoms with Gasteiger partial charge in [-0.15, -0.1) is 0 Å². The molecule has 0 bridgehead atoms. The number of rotatable bonds is 12. The lowest BCUT2D eigenvalue weighted by atomic mass is 10.1. The first-order valence-corrected chi connectivity index (χ1v) is 11.9. The average molecular weight is 448 g/mol. The lowest BCUT2D eigenvalue weighted by Gasteiger charge is -2.26. The van der Waals surface area contributed by atoms with Crippen molar-refractivity contribution in [3.8, 4) is 0 Å². The van der Waals surface area contributed by atoms with E-state index in [4.69, 9.17) is 0 Å². The Morgan fingerprint density at radius 1 is 1.03 bits per heavy atom. The second-order valence-electron chi connectivity index (χ2n) is 9.14. The lowest BCUT2D eigenvalue weighted by molar-refractivity contribution is -0.127. The molecule has 2 rings (SSSR count). The molecule has 0 heterocycles. The Morgan fingerprint density at radius 2 is 1.73 bits per heavy atom. The van der Waals surface area contributed by atoms with Crippen LogP contribution in [0.1, 0.15) is 49.4 Å². The minimum absolute atomic E-state index is 0.0569.